The maximum absolute atomic E-state index is 13.3. The van der Waals surface area contributed by atoms with E-state index in [0.717, 1.165) is 54.9 Å². The SMILES string of the molecule is CN(C)CC[C@H](CSc1ccccc1)Oc1ccc(S(=O)(=O)NC(=O)c2ccc(N3CCN(Cc4ccccc4-c4ccc(Cl)cc4)CC3)cc2)cc1[N+](=O)[O-]. The third-order valence-corrected chi connectivity index (χ3v) is 12.2. The van der Waals surface area contributed by atoms with Crippen molar-refractivity contribution in [1.29, 1.82) is 0 Å². The number of nitro groups is 1. The number of ether oxygens (including phenoxy) is 1. The first-order valence-corrected chi connectivity index (χ1v) is 21.1. The number of nitrogens with zero attached hydrogens (tertiary/aromatic N) is 4. The van der Waals surface area contributed by atoms with Crippen LogP contribution >= 0.6 is 23.4 Å². The Balaban J connectivity index is 1.06. The molecule has 292 valence electrons. The second-order valence-electron chi connectivity index (χ2n) is 13.8. The highest BCUT2D eigenvalue weighted by atomic mass is 35.5. The molecule has 1 aliphatic heterocycles. The van der Waals surface area contributed by atoms with Gasteiger partial charge in [-0.3, -0.25) is 19.8 Å². The molecular weight excluding hydrogens is 770 g/mol. The Kier molecular flexibility index (Phi) is 13.7. The third-order valence-electron chi connectivity index (χ3n) is 9.47. The average molecular weight is 814 g/mol. The number of sulfonamides is 1. The van der Waals surface area contributed by atoms with Crippen LogP contribution in [0.2, 0.25) is 5.02 Å². The number of piperazine rings is 1. The van der Waals surface area contributed by atoms with E-state index in [9.17, 15) is 23.3 Å². The Labute approximate surface area is 337 Å². The van der Waals surface area contributed by atoms with Crippen molar-refractivity contribution in [1.82, 2.24) is 14.5 Å². The maximum Gasteiger partial charge on any atom is 0.312 e. The molecule has 56 heavy (non-hydrogen) atoms. The first-order chi connectivity index (χ1) is 26.9. The zero-order chi connectivity index (χ0) is 39.7. The molecule has 1 saturated heterocycles. The second-order valence-corrected chi connectivity index (χ2v) is 17.0. The molecule has 0 saturated carbocycles. The van der Waals surface area contributed by atoms with Gasteiger partial charge in [0, 0.05) is 72.3 Å². The van der Waals surface area contributed by atoms with Gasteiger partial charge in [0.25, 0.3) is 15.9 Å². The lowest BCUT2D eigenvalue weighted by atomic mass is 9.99. The molecule has 0 aliphatic carbocycles. The second kappa shape index (κ2) is 18.8. The number of nitro benzene ring substituents is 1. The van der Waals surface area contributed by atoms with E-state index < -0.39 is 37.5 Å². The van der Waals surface area contributed by atoms with Crippen LogP contribution in [0.25, 0.3) is 11.1 Å². The number of carbonyl (C=O) groups excluding carboxylic acids is 1. The summed E-state index contributed by atoms with van der Waals surface area (Å²) < 4.78 is 34.9. The summed E-state index contributed by atoms with van der Waals surface area (Å²) >= 11 is 7.68. The van der Waals surface area contributed by atoms with E-state index in [1.807, 2.05) is 79.7 Å². The third kappa shape index (κ3) is 10.9. The van der Waals surface area contributed by atoms with Crippen LogP contribution in [0.4, 0.5) is 11.4 Å². The fourth-order valence-electron chi connectivity index (χ4n) is 6.41. The molecule has 1 aliphatic rings. The van der Waals surface area contributed by atoms with Gasteiger partial charge in [-0.05, 0) is 97.9 Å². The van der Waals surface area contributed by atoms with E-state index in [1.165, 1.54) is 23.3 Å². The predicted molar refractivity (Wildman–Crippen MR) is 223 cm³/mol. The molecule has 14 heteroatoms. The highest BCUT2D eigenvalue weighted by Gasteiger charge is 2.27. The molecule has 0 aromatic heterocycles. The molecule has 1 atom stereocenters. The highest BCUT2D eigenvalue weighted by molar-refractivity contribution is 7.99. The molecule has 0 radical (unpaired) electrons. The van der Waals surface area contributed by atoms with E-state index in [4.69, 9.17) is 16.3 Å². The zero-order valence-corrected chi connectivity index (χ0v) is 33.6. The lowest BCUT2D eigenvalue weighted by Gasteiger charge is -2.36. The van der Waals surface area contributed by atoms with Gasteiger partial charge in [-0.2, -0.15) is 0 Å². The van der Waals surface area contributed by atoms with Crippen LogP contribution in [-0.2, 0) is 16.6 Å². The Bertz CT molecular complexity index is 2220. The van der Waals surface area contributed by atoms with Crippen LogP contribution in [0.1, 0.15) is 22.3 Å². The minimum atomic E-state index is -4.45. The van der Waals surface area contributed by atoms with Crippen molar-refractivity contribution in [3.8, 4) is 16.9 Å². The first-order valence-electron chi connectivity index (χ1n) is 18.2. The number of rotatable bonds is 16. The van der Waals surface area contributed by atoms with Gasteiger partial charge in [-0.25, -0.2) is 13.1 Å². The van der Waals surface area contributed by atoms with Gasteiger partial charge >= 0.3 is 5.69 Å². The number of hydrogen-bond acceptors (Lipinski definition) is 10. The van der Waals surface area contributed by atoms with Gasteiger partial charge in [0.05, 0.1) is 9.82 Å². The van der Waals surface area contributed by atoms with Gasteiger partial charge in [-0.15, -0.1) is 11.8 Å². The summed E-state index contributed by atoms with van der Waals surface area (Å²) in [5, 5.41) is 12.8. The van der Waals surface area contributed by atoms with Gasteiger partial charge in [0.2, 0.25) is 0 Å². The van der Waals surface area contributed by atoms with Crippen LogP contribution in [0.15, 0.2) is 131 Å². The minimum absolute atomic E-state index is 0.0446. The molecule has 6 rings (SSSR count). The fraction of sp³-hybridized carbons (Fsp3) is 0.262. The number of amides is 1. The Morgan fingerprint density at radius 2 is 1.59 bits per heavy atom. The van der Waals surface area contributed by atoms with Crippen molar-refractivity contribution >= 4 is 50.7 Å². The molecule has 11 nitrogen and oxygen atoms in total. The van der Waals surface area contributed by atoms with Crippen molar-refractivity contribution in [2.45, 2.75) is 28.9 Å². The molecule has 1 fully saturated rings. The summed E-state index contributed by atoms with van der Waals surface area (Å²) in [6.45, 7) is 4.74. The summed E-state index contributed by atoms with van der Waals surface area (Å²) in [4.78, 5) is 31.9. The zero-order valence-electron chi connectivity index (χ0n) is 31.2. The van der Waals surface area contributed by atoms with Crippen molar-refractivity contribution in [2.24, 2.45) is 0 Å². The Morgan fingerprint density at radius 3 is 2.27 bits per heavy atom. The number of carbonyl (C=O) groups is 1. The summed E-state index contributed by atoms with van der Waals surface area (Å²) in [6, 6.07) is 36.2. The number of anilines is 1. The van der Waals surface area contributed by atoms with Crippen LogP contribution < -0.4 is 14.4 Å². The number of benzene rings is 5. The quantitative estimate of drug-likeness (QED) is 0.0599. The number of thioether (sulfide) groups is 1. The van der Waals surface area contributed by atoms with E-state index in [0.29, 0.717) is 23.7 Å². The molecule has 1 N–H and O–H groups in total. The van der Waals surface area contributed by atoms with Crippen LogP contribution in [-0.4, -0.2) is 87.7 Å². The van der Waals surface area contributed by atoms with Crippen LogP contribution in [0.5, 0.6) is 5.75 Å². The molecule has 5 aromatic rings. The normalized spacial score (nSPS) is 14.0. The summed E-state index contributed by atoms with van der Waals surface area (Å²) in [7, 11) is -0.592. The van der Waals surface area contributed by atoms with Gasteiger partial charge in [0.1, 0.15) is 6.10 Å². The first kappa shape index (κ1) is 40.7. The summed E-state index contributed by atoms with van der Waals surface area (Å²) in [6.07, 6.45) is 0.203. The monoisotopic (exact) mass is 813 g/mol. The smallest absolute Gasteiger partial charge is 0.312 e. The molecule has 0 unspecified atom stereocenters. The van der Waals surface area contributed by atoms with Crippen molar-refractivity contribution < 1.29 is 22.9 Å². The van der Waals surface area contributed by atoms with Gasteiger partial charge < -0.3 is 14.5 Å². The summed E-state index contributed by atoms with van der Waals surface area (Å²) in [5.41, 5.74) is 4.10. The number of halogens is 1. The Morgan fingerprint density at radius 1 is 0.911 bits per heavy atom. The predicted octanol–water partition coefficient (Wildman–Crippen LogP) is 7.85. The summed E-state index contributed by atoms with van der Waals surface area (Å²) in [5.74, 6) is -0.358. The number of hydrogen-bond donors (Lipinski definition) is 1. The van der Waals surface area contributed by atoms with E-state index >= 15 is 0 Å². The lowest BCUT2D eigenvalue weighted by Crippen LogP contribution is -2.46. The Hall–Kier alpha value is -4.92. The van der Waals surface area contributed by atoms with Gasteiger partial charge in [-0.1, -0.05) is 66.2 Å². The van der Waals surface area contributed by atoms with Crippen molar-refractivity contribution in [3.63, 3.8) is 0 Å². The van der Waals surface area contributed by atoms with Gasteiger partial charge in [0.15, 0.2) is 5.75 Å². The van der Waals surface area contributed by atoms with Crippen LogP contribution in [0, 0.1) is 10.1 Å². The topological polar surface area (TPSA) is 125 Å². The standard InChI is InChI=1S/C42H44ClN5O6S2/c1-45(2)23-22-36(30-55-37-9-4-3-5-10-37)54-41-21-20-38(28-40(41)48(50)51)56(52,53)44-42(49)32-14-18-35(19-15-32)47-26-24-46(25-27-47)29-33-8-6-7-11-39(33)31-12-16-34(43)17-13-31/h3-21,28,36H,22-27,29-30H2,1-2H3,(H,44,49)/t36-/m1/s1. The van der Waals surface area contributed by atoms with Crippen LogP contribution in [0.3, 0.4) is 0 Å². The molecule has 5 aromatic carbocycles. The molecule has 1 amide bonds. The van der Waals surface area contributed by atoms with E-state index in [-0.39, 0.29) is 11.3 Å². The number of nitrogens with one attached hydrogen (secondary N) is 1. The molecule has 0 spiro atoms. The largest absolute Gasteiger partial charge is 0.483 e. The molecular formula is C42H44ClN5O6S2. The van der Waals surface area contributed by atoms with Crippen molar-refractivity contribution in [2.75, 3.05) is 57.5 Å². The highest BCUT2D eigenvalue weighted by Crippen LogP contribution is 2.33. The average Bonchev–Trinajstić information content (AvgIpc) is 3.20. The van der Waals surface area contributed by atoms with E-state index in [2.05, 4.69) is 32.7 Å². The molecule has 0 bridgehead atoms. The van der Waals surface area contributed by atoms with E-state index in [1.54, 1.807) is 36.0 Å². The maximum atomic E-state index is 13.3. The van der Waals surface area contributed by atoms with Crippen molar-refractivity contribution in [3.05, 3.63) is 148 Å². The fourth-order valence-corrected chi connectivity index (χ4v) is 8.49. The minimum Gasteiger partial charge on any atom is -0.483 e. The lowest BCUT2D eigenvalue weighted by molar-refractivity contribution is -0.386. The molecule has 1 heterocycles.